The Balaban J connectivity index is 2.11. The van der Waals surface area contributed by atoms with Gasteiger partial charge in [0.15, 0.2) is 8.32 Å². The van der Waals surface area contributed by atoms with Gasteiger partial charge in [-0.2, -0.15) is 0 Å². The summed E-state index contributed by atoms with van der Waals surface area (Å²) in [5, 5.41) is 13.2. The lowest BCUT2D eigenvalue weighted by molar-refractivity contribution is -0.138. The van der Waals surface area contributed by atoms with Crippen LogP contribution in [0, 0.1) is 0 Å². The van der Waals surface area contributed by atoms with Crippen molar-refractivity contribution in [1.29, 1.82) is 0 Å². The molecule has 2 saturated heterocycles. The Morgan fingerprint density at radius 1 is 1.33 bits per heavy atom. The third kappa shape index (κ3) is 3.49. The summed E-state index contributed by atoms with van der Waals surface area (Å²) in [6.45, 7) is 13.5. The molecule has 3 atom stereocenters. The standard InChI is InChI=1S/C15H30N2O3Si/c1-15(2,3)21(4,5)20-13-10-16-8-6-11(13)17-9-7-12(18)14(17)19/h11-13,16,18H,6-10H2,1-5H3/t11-,12-,13?/m1/s1. The molecule has 0 spiro atoms. The normalized spacial score (nSPS) is 31.8. The Bertz CT molecular complexity index is 395. The van der Waals surface area contributed by atoms with Crippen molar-refractivity contribution in [1.82, 2.24) is 10.2 Å². The van der Waals surface area contributed by atoms with Gasteiger partial charge in [-0.1, -0.05) is 20.8 Å². The van der Waals surface area contributed by atoms with Crippen LogP contribution >= 0.6 is 0 Å². The van der Waals surface area contributed by atoms with Crippen molar-refractivity contribution in [3.8, 4) is 0 Å². The summed E-state index contributed by atoms with van der Waals surface area (Å²) in [7, 11) is -1.86. The van der Waals surface area contributed by atoms with Gasteiger partial charge in [0.25, 0.3) is 5.91 Å². The van der Waals surface area contributed by atoms with Crippen LogP contribution in [0.15, 0.2) is 0 Å². The van der Waals surface area contributed by atoms with Crippen LogP contribution < -0.4 is 5.32 Å². The van der Waals surface area contributed by atoms with Crippen LogP contribution in [-0.4, -0.2) is 62.1 Å². The zero-order valence-corrected chi connectivity index (χ0v) is 15.0. The van der Waals surface area contributed by atoms with E-state index in [9.17, 15) is 9.90 Å². The number of amides is 1. The second kappa shape index (κ2) is 5.99. The van der Waals surface area contributed by atoms with Gasteiger partial charge in [0.2, 0.25) is 0 Å². The summed E-state index contributed by atoms with van der Waals surface area (Å²) in [5.74, 6) is -0.120. The summed E-state index contributed by atoms with van der Waals surface area (Å²) < 4.78 is 6.55. The molecule has 1 amide bonds. The number of hydrogen-bond acceptors (Lipinski definition) is 4. The minimum atomic E-state index is -1.86. The van der Waals surface area contributed by atoms with Gasteiger partial charge in [-0.05, 0) is 37.5 Å². The Kier molecular flexibility index (Phi) is 4.83. The SMILES string of the molecule is CC(C)(C)[Si](C)(C)OC1CNCC[C@H]1N1CC[C@@H](O)C1=O. The van der Waals surface area contributed by atoms with E-state index in [1.165, 1.54) is 0 Å². The predicted octanol–water partition coefficient (Wildman–Crippen LogP) is 1.33. The minimum absolute atomic E-state index is 0.0360. The van der Waals surface area contributed by atoms with Crippen molar-refractivity contribution in [2.45, 2.75) is 70.0 Å². The van der Waals surface area contributed by atoms with Gasteiger partial charge in [0.1, 0.15) is 6.10 Å². The molecule has 2 heterocycles. The van der Waals surface area contributed by atoms with Crippen molar-refractivity contribution in [3.05, 3.63) is 0 Å². The third-order valence-electron chi connectivity index (χ3n) is 5.26. The van der Waals surface area contributed by atoms with E-state index in [1.807, 2.05) is 4.90 Å². The molecule has 5 nitrogen and oxygen atoms in total. The Hall–Kier alpha value is -0.433. The van der Waals surface area contributed by atoms with Crippen LogP contribution in [0.3, 0.4) is 0 Å². The fourth-order valence-corrected chi connectivity index (χ4v) is 4.21. The first-order chi connectivity index (χ1) is 9.63. The summed E-state index contributed by atoms with van der Waals surface area (Å²) in [6, 6.07) is 0.102. The molecule has 0 aromatic rings. The zero-order valence-electron chi connectivity index (χ0n) is 14.0. The van der Waals surface area contributed by atoms with E-state index in [4.69, 9.17) is 4.43 Å². The number of rotatable bonds is 3. The molecule has 122 valence electrons. The van der Waals surface area contributed by atoms with E-state index < -0.39 is 14.4 Å². The largest absolute Gasteiger partial charge is 0.411 e. The maximum Gasteiger partial charge on any atom is 0.251 e. The molecule has 2 N–H and O–H groups in total. The van der Waals surface area contributed by atoms with Crippen LogP contribution in [-0.2, 0) is 9.22 Å². The van der Waals surface area contributed by atoms with Gasteiger partial charge in [-0.3, -0.25) is 4.79 Å². The number of hydrogen-bond donors (Lipinski definition) is 2. The Morgan fingerprint density at radius 3 is 2.52 bits per heavy atom. The molecular formula is C15H30N2O3Si. The van der Waals surface area contributed by atoms with E-state index in [1.54, 1.807) is 0 Å². The molecule has 2 fully saturated rings. The quantitative estimate of drug-likeness (QED) is 0.772. The summed E-state index contributed by atoms with van der Waals surface area (Å²) in [4.78, 5) is 14.0. The van der Waals surface area contributed by atoms with Crippen LogP contribution in [0.2, 0.25) is 18.1 Å². The zero-order chi connectivity index (χ0) is 15.8. The van der Waals surface area contributed by atoms with Crippen LogP contribution in [0.4, 0.5) is 0 Å². The molecule has 1 unspecified atom stereocenters. The number of nitrogens with one attached hydrogen (secondary N) is 1. The number of carbonyl (C=O) groups excluding carboxylic acids is 1. The van der Waals surface area contributed by atoms with Gasteiger partial charge in [0.05, 0.1) is 12.1 Å². The first kappa shape index (κ1) is 16.9. The van der Waals surface area contributed by atoms with Gasteiger partial charge < -0.3 is 19.7 Å². The third-order valence-corrected chi connectivity index (χ3v) is 9.76. The van der Waals surface area contributed by atoms with Gasteiger partial charge in [-0.25, -0.2) is 0 Å². The molecule has 0 aliphatic carbocycles. The molecule has 6 heteroatoms. The van der Waals surface area contributed by atoms with E-state index >= 15 is 0 Å². The molecule has 0 aromatic heterocycles. The van der Waals surface area contributed by atoms with E-state index in [0.29, 0.717) is 13.0 Å². The fourth-order valence-electron chi connectivity index (χ4n) is 2.86. The lowest BCUT2D eigenvalue weighted by Crippen LogP contribution is -2.58. The molecule has 2 aliphatic rings. The number of aliphatic hydroxyl groups excluding tert-OH is 1. The van der Waals surface area contributed by atoms with E-state index in [-0.39, 0.29) is 23.1 Å². The first-order valence-electron chi connectivity index (χ1n) is 8.00. The average Bonchev–Trinajstić information content (AvgIpc) is 2.69. The van der Waals surface area contributed by atoms with Gasteiger partial charge in [0, 0.05) is 13.1 Å². The molecule has 0 bridgehead atoms. The number of carbonyl (C=O) groups is 1. The van der Waals surface area contributed by atoms with Crippen molar-refractivity contribution >= 4 is 14.2 Å². The first-order valence-corrected chi connectivity index (χ1v) is 10.9. The van der Waals surface area contributed by atoms with Gasteiger partial charge >= 0.3 is 0 Å². The summed E-state index contributed by atoms with van der Waals surface area (Å²) in [6.07, 6.45) is 0.676. The van der Waals surface area contributed by atoms with Crippen molar-refractivity contribution in [2.24, 2.45) is 0 Å². The van der Waals surface area contributed by atoms with Crippen molar-refractivity contribution in [2.75, 3.05) is 19.6 Å². The Morgan fingerprint density at radius 2 is 2.00 bits per heavy atom. The van der Waals surface area contributed by atoms with Crippen LogP contribution in [0.1, 0.15) is 33.6 Å². The monoisotopic (exact) mass is 314 g/mol. The number of nitrogens with zero attached hydrogens (tertiary/aromatic N) is 1. The molecular weight excluding hydrogens is 284 g/mol. The van der Waals surface area contributed by atoms with E-state index in [0.717, 1.165) is 19.5 Å². The highest BCUT2D eigenvalue weighted by molar-refractivity contribution is 6.74. The number of piperidine rings is 1. The second-order valence-electron chi connectivity index (χ2n) is 7.81. The summed E-state index contributed by atoms with van der Waals surface area (Å²) in [5.41, 5.74) is 0. The smallest absolute Gasteiger partial charge is 0.251 e. The second-order valence-corrected chi connectivity index (χ2v) is 12.6. The summed E-state index contributed by atoms with van der Waals surface area (Å²) >= 11 is 0. The van der Waals surface area contributed by atoms with Crippen molar-refractivity contribution < 1.29 is 14.3 Å². The van der Waals surface area contributed by atoms with Crippen LogP contribution in [0.25, 0.3) is 0 Å². The van der Waals surface area contributed by atoms with Crippen LogP contribution in [0.5, 0.6) is 0 Å². The topological polar surface area (TPSA) is 61.8 Å². The van der Waals surface area contributed by atoms with Gasteiger partial charge in [-0.15, -0.1) is 0 Å². The highest BCUT2D eigenvalue weighted by Gasteiger charge is 2.44. The molecule has 2 rings (SSSR count). The minimum Gasteiger partial charge on any atom is -0.411 e. The fraction of sp³-hybridized carbons (Fsp3) is 0.933. The van der Waals surface area contributed by atoms with Crippen molar-refractivity contribution in [3.63, 3.8) is 0 Å². The molecule has 0 radical (unpaired) electrons. The number of aliphatic hydroxyl groups is 1. The maximum atomic E-state index is 12.1. The lowest BCUT2D eigenvalue weighted by Gasteiger charge is -2.45. The Labute approximate surface area is 129 Å². The predicted molar refractivity (Wildman–Crippen MR) is 85.7 cm³/mol. The highest BCUT2D eigenvalue weighted by Crippen LogP contribution is 2.38. The molecule has 0 aromatic carbocycles. The average molecular weight is 315 g/mol. The maximum absolute atomic E-state index is 12.1. The molecule has 21 heavy (non-hydrogen) atoms. The lowest BCUT2D eigenvalue weighted by atomic mass is 10.0. The number of likely N-dealkylation sites (tertiary alicyclic amines) is 1. The van der Waals surface area contributed by atoms with E-state index in [2.05, 4.69) is 39.2 Å². The molecule has 0 saturated carbocycles. The molecule has 2 aliphatic heterocycles. The highest BCUT2D eigenvalue weighted by atomic mass is 28.4.